The van der Waals surface area contributed by atoms with Crippen LogP contribution in [0.4, 0.5) is 0 Å². The van der Waals surface area contributed by atoms with Crippen LogP contribution in [0.5, 0.6) is 5.75 Å². The molecule has 1 aliphatic rings. The van der Waals surface area contributed by atoms with E-state index in [4.69, 9.17) is 9.47 Å². The van der Waals surface area contributed by atoms with Crippen molar-refractivity contribution in [3.63, 3.8) is 0 Å². The van der Waals surface area contributed by atoms with Gasteiger partial charge in [-0.25, -0.2) is 0 Å². The first-order chi connectivity index (χ1) is 9.54. The lowest BCUT2D eigenvalue weighted by atomic mass is 10.0. The third-order valence-corrected chi connectivity index (χ3v) is 3.60. The molecule has 20 heavy (non-hydrogen) atoms. The molecule has 1 aromatic carbocycles. The Morgan fingerprint density at radius 1 is 1.20 bits per heavy atom. The maximum atomic E-state index is 6.05. The van der Waals surface area contributed by atoms with Crippen LogP contribution >= 0.6 is 0 Å². The van der Waals surface area contributed by atoms with Gasteiger partial charge in [0, 0.05) is 30.9 Å². The molecule has 2 rings (SSSR count). The van der Waals surface area contributed by atoms with E-state index in [2.05, 4.69) is 44.3 Å². The van der Waals surface area contributed by atoms with Crippen LogP contribution < -0.4 is 10.1 Å². The molecule has 0 aliphatic carbocycles. The topological polar surface area (TPSA) is 30.5 Å². The Morgan fingerprint density at radius 3 is 2.60 bits per heavy atom. The summed E-state index contributed by atoms with van der Waals surface area (Å²) in [7, 11) is 0. The highest BCUT2D eigenvalue weighted by atomic mass is 16.5. The fraction of sp³-hybridized carbons (Fsp3) is 0.647. The zero-order chi connectivity index (χ0) is 14.4. The van der Waals surface area contributed by atoms with Gasteiger partial charge >= 0.3 is 0 Å². The van der Waals surface area contributed by atoms with Crippen LogP contribution in [-0.4, -0.2) is 25.4 Å². The summed E-state index contributed by atoms with van der Waals surface area (Å²) in [5.74, 6) is 1.64. The van der Waals surface area contributed by atoms with Crippen molar-refractivity contribution in [3.8, 4) is 5.75 Å². The lowest BCUT2D eigenvalue weighted by molar-refractivity contribution is 0.0496. The Labute approximate surface area is 122 Å². The summed E-state index contributed by atoms with van der Waals surface area (Å²) < 4.78 is 11.4. The molecule has 1 aliphatic heterocycles. The predicted molar refractivity (Wildman–Crippen MR) is 82.1 cm³/mol. The zero-order valence-electron chi connectivity index (χ0n) is 12.9. The summed E-state index contributed by atoms with van der Waals surface area (Å²) in [6.07, 6.45) is 2.23. The third kappa shape index (κ3) is 5.14. The highest BCUT2D eigenvalue weighted by Gasteiger charge is 2.15. The third-order valence-electron chi connectivity index (χ3n) is 3.60. The second kappa shape index (κ2) is 7.09. The SMILES string of the molecule is CC(C)(C)NCc1ccccc1OCC1CCOCC1. The normalized spacial score (nSPS) is 17.1. The Balaban J connectivity index is 1.89. The van der Waals surface area contributed by atoms with E-state index in [1.54, 1.807) is 0 Å². The van der Waals surface area contributed by atoms with Crippen LogP contribution in [0.2, 0.25) is 0 Å². The van der Waals surface area contributed by atoms with E-state index >= 15 is 0 Å². The first-order valence-electron chi connectivity index (χ1n) is 7.58. The molecule has 0 saturated carbocycles. The van der Waals surface area contributed by atoms with Crippen molar-refractivity contribution in [1.82, 2.24) is 5.32 Å². The molecule has 0 radical (unpaired) electrons. The molecule has 0 spiro atoms. The summed E-state index contributed by atoms with van der Waals surface area (Å²) in [6.45, 7) is 9.93. The number of nitrogens with one attached hydrogen (secondary N) is 1. The van der Waals surface area contributed by atoms with Gasteiger partial charge in [-0.3, -0.25) is 0 Å². The van der Waals surface area contributed by atoms with Gasteiger partial charge in [0.1, 0.15) is 5.75 Å². The molecule has 1 N–H and O–H groups in total. The van der Waals surface area contributed by atoms with Crippen molar-refractivity contribution in [2.75, 3.05) is 19.8 Å². The van der Waals surface area contributed by atoms with Gasteiger partial charge in [0.2, 0.25) is 0 Å². The quantitative estimate of drug-likeness (QED) is 0.895. The number of rotatable bonds is 5. The van der Waals surface area contributed by atoms with Gasteiger partial charge in [-0.2, -0.15) is 0 Å². The van der Waals surface area contributed by atoms with Crippen LogP contribution in [0.1, 0.15) is 39.2 Å². The maximum absolute atomic E-state index is 6.05. The van der Waals surface area contributed by atoms with Crippen molar-refractivity contribution < 1.29 is 9.47 Å². The fourth-order valence-corrected chi connectivity index (χ4v) is 2.27. The molecule has 1 fully saturated rings. The summed E-state index contributed by atoms with van der Waals surface area (Å²) in [6, 6.07) is 8.32. The minimum atomic E-state index is 0.119. The molecule has 0 aromatic heterocycles. The van der Waals surface area contributed by atoms with Crippen molar-refractivity contribution >= 4 is 0 Å². The average molecular weight is 277 g/mol. The first kappa shape index (κ1) is 15.3. The lowest BCUT2D eigenvalue weighted by Gasteiger charge is -2.24. The maximum Gasteiger partial charge on any atom is 0.123 e. The number of hydrogen-bond acceptors (Lipinski definition) is 3. The van der Waals surface area contributed by atoms with Crippen molar-refractivity contribution in [2.45, 2.75) is 45.7 Å². The Bertz CT molecular complexity index is 406. The summed E-state index contributed by atoms with van der Waals surface area (Å²) in [4.78, 5) is 0. The standard InChI is InChI=1S/C17H27NO2/c1-17(2,3)18-12-15-6-4-5-7-16(15)20-13-14-8-10-19-11-9-14/h4-7,14,18H,8-13H2,1-3H3. The van der Waals surface area contributed by atoms with Crippen LogP contribution in [0.3, 0.4) is 0 Å². The number of benzene rings is 1. The molecule has 0 unspecified atom stereocenters. The molecule has 3 heteroatoms. The van der Waals surface area contributed by atoms with Crippen molar-refractivity contribution in [3.05, 3.63) is 29.8 Å². The number of para-hydroxylation sites is 1. The minimum Gasteiger partial charge on any atom is -0.493 e. The Hall–Kier alpha value is -1.06. The number of ether oxygens (including phenoxy) is 2. The molecule has 3 nitrogen and oxygen atoms in total. The molecular weight excluding hydrogens is 250 g/mol. The summed E-state index contributed by atoms with van der Waals surface area (Å²) >= 11 is 0. The van der Waals surface area contributed by atoms with E-state index in [0.717, 1.165) is 45.0 Å². The van der Waals surface area contributed by atoms with Gasteiger partial charge in [-0.1, -0.05) is 18.2 Å². The zero-order valence-corrected chi connectivity index (χ0v) is 12.9. The Morgan fingerprint density at radius 2 is 1.90 bits per heavy atom. The number of hydrogen-bond donors (Lipinski definition) is 1. The second-order valence-corrected chi connectivity index (χ2v) is 6.58. The summed E-state index contributed by atoms with van der Waals surface area (Å²) in [5, 5.41) is 3.52. The smallest absolute Gasteiger partial charge is 0.123 e. The van der Waals surface area contributed by atoms with Gasteiger partial charge in [-0.15, -0.1) is 0 Å². The Kier molecular flexibility index (Phi) is 5.44. The van der Waals surface area contributed by atoms with E-state index in [0.29, 0.717) is 5.92 Å². The summed E-state index contributed by atoms with van der Waals surface area (Å²) in [5.41, 5.74) is 1.35. The second-order valence-electron chi connectivity index (χ2n) is 6.58. The molecule has 1 heterocycles. The van der Waals surface area contributed by atoms with E-state index in [-0.39, 0.29) is 5.54 Å². The molecule has 0 bridgehead atoms. The average Bonchev–Trinajstić information content (AvgIpc) is 2.44. The fourth-order valence-electron chi connectivity index (χ4n) is 2.27. The largest absolute Gasteiger partial charge is 0.493 e. The molecule has 1 aromatic rings. The van der Waals surface area contributed by atoms with Crippen molar-refractivity contribution in [2.24, 2.45) is 5.92 Å². The first-order valence-corrected chi connectivity index (χ1v) is 7.58. The van der Waals surface area contributed by atoms with Crippen LogP contribution in [-0.2, 0) is 11.3 Å². The minimum absolute atomic E-state index is 0.119. The van der Waals surface area contributed by atoms with Gasteiger partial charge < -0.3 is 14.8 Å². The van der Waals surface area contributed by atoms with Crippen molar-refractivity contribution in [1.29, 1.82) is 0 Å². The molecule has 0 atom stereocenters. The molecule has 0 amide bonds. The van der Waals surface area contributed by atoms with Gasteiger partial charge in [0.25, 0.3) is 0 Å². The molecular formula is C17H27NO2. The van der Waals surface area contributed by atoms with Gasteiger partial charge in [-0.05, 0) is 45.6 Å². The van der Waals surface area contributed by atoms with Crippen LogP contribution in [0, 0.1) is 5.92 Å². The van der Waals surface area contributed by atoms with Gasteiger partial charge in [0.15, 0.2) is 0 Å². The highest BCUT2D eigenvalue weighted by Crippen LogP contribution is 2.22. The monoisotopic (exact) mass is 277 g/mol. The van der Waals surface area contributed by atoms with E-state index in [9.17, 15) is 0 Å². The van der Waals surface area contributed by atoms with E-state index in [1.165, 1.54) is 5.56 Å². The molecule has 1 saturated heterocycles. The van der Waals surface area contributed by atoms with E-state index < -0.39 is 0 Å². The van der Waals surface area contributed by atoms with Gasteiger partial charge in [0.05, 0.1) is 6.61 Å². The van der Waals surface area contributed by atoms with Crippen LogP contribution in [0.15, 0.2) is 24.3 Å². The molecule has 112 valence electrons. The highest BCUT2D eigenvalue weighted by molar-refractivity contribution is 5.33. The van der Waals surface area contributed by atoms with Crippen LogP contribution in [0.25, 0.3) is 0 Å². The van der Waals surface area contributed by atoms with E-state index in [1.807, 2.05) is 6.07 Å². The lowest BCUT2D eigenvalue weighted by Crippen LogP contribution is -2.35. The predicted octanol–water partition coefficient (Wildman–Crippen LogP) is 3.38.